The highest BCUT2D eigenvalue weighted by atomic mass is 35.5. The predicted octanol–water partition coefficient (Wildman–Crippen LogP) is 4.32. The molecule has 0 aromatic heterocycles. The quantitative estimate of drug-likeness (QED) is 0.408. The number of halogens is 3. The van der Waals surface area contributed by atoms with E-state index in [-0.39, 0.29) is 30.5 Å². The molecule has 2 aromatic rings. The number of nitrogens with zero attached hydrogens (tertiary/aromatic N) is 3. The fraction of sp³-hybridized carbons (Fsp3) is 0.440. The molecule has 37 heavy (non-hydrogen) atoms. The van der Waals surface area contributed by atoms with Crippen LogP contribution in [0, 0.1) is 11.7 Å². The summed E-state index contributed by atoms with van der Waals surface area (Å²) in [6.07, 6.45) is 0.276. The van der Waals surface area contributed by atoms with Crippen LogP contribution in [0.5, 0.6) is 0 Å². The first-order valence-corrected chi connectivity index (χ1v) is 13.9. The Hall–Kier alpha value is -2.40. The molecule has 0 radical (unpaired) electrons. The van der Waals surface area contributed by atoms with Gasteiger partial charge in [-0.2, -0.15) is 12.7 Å². The molecule has 2 amide bonds. The molecule has 2 rings (SSSR count). The Kier molecular flexibility index (Phi) is 11.2. The highest BCUT2D eigenvalue weighted by Gasteiger charge is 2.34. The molecule has 204 valence electrons. The molecule has 0 aliphatic heterocycles. The summed E-state index contributed by atoms with van der Waals surface area (Å²) in [5.74, 6) is -1.36. The van der Waals surface area contributed by atoms with Crippen molar-refractivity contribution in [3.8, 4) is 0 Å². The minimum atomic E-state index is -4.14. The lowest BCUT2D eigenvalue weighted by Crippen LogP contribution is -2.53. The van der Waals surface area contributed by atoms with E-state index in [0.29, 0.717) is 22.2 Å². The van der Waals surface area contributed by atoms with Crippen LogP contribution in [-0.4, -0.2) is 62.7 Å². The molecule has 1 N–H and O–H groups in total. The maximum absolute atomic E-state index is 13.8. The number of hydrogen-bond acceptors (Lipinski definition) is 4. The van der Waals surface area contributed by atoms with Crippen LogP contribution >= 0.6 is 23.2 Å². The summed E-state index contributed by atoms with van der Waals surface area (Å²) < 4.78 is 41.7. The number of carbonyl (C=O) groups excluding carboxylic acids is 2. The number of hydrogen-bond donors (Lipinski definition) is 1. The normalized spacial score (nSPS) is 12.5. The SMILES string of the molecule is CC[C@H](C(=O)NCC(C)C)N(Cc1ccc(Cl)cc1Cl)C(=O)CN(c1ccc(F)cc1)S(=O)(=O)N(C)C. The van der Waals surface area contributed by atoms with Crippen LogP contribution in [0.2, 0.25) is 10.0 Å². The van der Waals surface area contributed by atoms with Crippen molar-refractivity contribution in [2.45, 2.75) is 39.8 Å². The van der Waals surface area contributed by atoms with Crippen molar-refractivity contribution in [1.82, 2.24) is 14.5 Å². The molecule has 0 fully saturated rings. The lowest BCUT2D eigenvalue weighted by molar-refractivity contribution is -0.140. The molecule has 8 nitrogen and oxygen atoms in total. The van der Waals surface area contributed by atoms with Gasteiger partial charge in [0.25, 0.3) is 0 Å². The van der Waals surface area contributed by atoms with Crippen molar-refractivity contribution in [2.24, 2.45) is 5.92 Å². The van der Waals surface area contributed by atoms with E-state index in [1.165, 1.54) is 37.2 Å². The zero-order valence-corrected chi connectivity index (χ0v) is 23.9. The van der Waals surface area contributed by atoms with E-state index in [4.69, 9.17) is 23.2 Å². The first-order valence-electron chi connectivity index (χ1n) is 11.7. The van der Waals surface area contributed by atoms with Crippen molar-refractivity contribution < 1.29 is 22.4 Å². The fourth-order valence-electron chi connectivity index (χ4n) is 3.50. The molecular weight excluding hydrogens is 542 g/mol. The number of rotatable bonds is 12. The molecule has 0 aliphatic rings. The van der Waals surface area contributed by atoms with Gasteiger partial charge in [0.2, 0.25) is 11.8 Å². The average Bonchev–Trinajstić information content (AvgIpc) is 2.82. The Morgan fingerprint density at radius 1 is 1.05 bits per heavy atom. The maximum Gasteiger partial charge on any atom is 0.304 e. The van der Waals surface area contributed by atoms with Gasteiger partial charge in [-0.15, -0.1) is 0 Å². The van der Waals surface area contributed by atoms with Gasteiger partial charge in [0.1, 0.15) is 18.4 Å². The number of anilines is 1. The molecule has 0 heterocycles. The molecule has 0 spiro atoms. The minimum Gasteiger partial charge on any atom is -0.354 e. The van der Waals surface area contributed by atoms with E-state index in [1.807, 2.05) is 13.8 Å². The van der Waals surface area contributed by atoms with Gasteiger partial charge >= 0.3 is 10.2 Å². The van der Waals surface area contributed by atoms with Gasteiger partial charge in [0.05, 0.1) is 5.69 Å². The van der Waals surface area contributed by atoms with E-state index in [9.17, 15) is 22.4 Å². The molecule has 0 aliphatic carbocycles. The Morgan fingerprint density at radius 3 is 2.19 bits per heavy atom. The summed E-state index contributed by atoms with van der Waals surface area (Å²) in [4.78, 5) is 28.2. The standard InChI is InChI=1S/C25H33Cl2FN4O4S/c1-6-23(25(34)29-14-17(2)3)31(15-18-7-8-19(26)13-22(18)27)24(33)16-32(37(35,36)30(4)5)21-11-9-20(28)10-12-21/h7-13,17,23H,6,14-16H2,1-5H3,(H,29,34)/t23-/m1/s1. The number of carbonyl (C=O) groups is 2. The van der Waals surface area contributed by atoms with Crippen molar-refractivity contribution in [3.05, 3.63) is 63.9 Å². The summed E-state index contributed by atoms with van der Waals surface area (Å²) in [6, 6.07) is 8.67. The summed E-state index contributed by atoms with van der Waals surface area (Å²) >= 11 is 12.4. The third-order valence-electron chi connectivity index (χ3n) is 5.56. The topological polar surface area (TPSA) is 90.0 Å². The van der Waals surface area contributed by atoms with Crippen molar-refractivity contribution in [2.75, 3.05) is 31.5 Å². The van der Waals surface area contributed by atoms with Gasteiger partial charge in [-0.05, 0) is 54.3 Å². The third kappa shape index (κ3) is 8.29. The molecule has 0 unspecified atom stereocenters. The van der Waals surface area contributed by atoms with Gasteiger partial charge in [0, 0.05) is 37.2 Å². The lowest BCUT2D eigenvalue weighted by atomic mass is 10.1. The summed E-state index contributed by atoms with van der Waals surface area (Å²) in [5.41, 5.74) is 0.642. The average molecular weight is 576 g/mol. The van der Waals surface area contributed by atoms with Crippen LogP contribution in [0.15, 0.2) is 42.5 Å². The van der Waals surface area contributed by atoms with Crippen LogP contribution in [0.1, 0.15) is 32.8 Å². The van der Waals surface area contributed by atoms with Gasteiger partial charge in [-0.3, -0.25) is 9.59 Å². The highest BCUT2D eigenvalue weighted by molar-refractivity contribution is 7.90. The highest BCUT2D eigenvalue weighted by Crippen LogP contribution is 2.25. The largest absolute Gasteiger partial charge is 0.354 e. The van der Waals surface area contributed by atoms with E-state index in [0.717, 1.165) is 20.7 Å². The van der Waals surface area contributed by atoms with Crippen LogP contribution in [0.3, 0.4) is 0 Å². The summed E-state index contributed by atoms with van der Waals surface area (Å²) in [5, 5.41) is 3.56. The predicted molar refractivity (Wildman–Crippen MR) is 145 cm³/mol. The second kappa shape index (κ2) is 13.4. The molecule has 1 atom stereocenters. The third-order valence-corrected chi connectivity index (χ3v) is 7.97. The number of benzene rings is 2. The number of nitrogens with one attached hydrogen (secondary N) is 1. The van der Waals surface area contributed by atoms with E-state index in [2.05, 4.69) is 5.32 Å². The van der Waals surface area contributed by atoms with Crippen LogP contribution in [-0.2, 0) is 26.3 Å². The molecule has 12 heteroatoms. The summed E-state index contributed by atoms with van der Waals surface area (Å²) in [6.45, 7) is 5.40. The molecule has 0 bridgehead atoms. The zero-order chi connectivity index (χ0) is 27.9. The van der Waals surface area contributed by atoms with Gasteiger partial charge < -0.3 is 10.2 Å². The second-order valence-corrected chi connectivity index (χ2v) is 12.0. The van der Waals surface area contributed by atoms with E-state index >= 15 is 0 Å². The Bertz CT molecular complexity index is 1190. The first kappa shape index (κ1) is 30.8. The molecular formula is C25H33Cl2FN4O4S. The van der Waals surface area contributed by atoms with Crippen molar-refractivity contribution in [3.63, 3.8) is 0 Å². The fourth-order valence-corrected chi connectivity index (χ4v) is 5.02. The molecule has 2 aromatic carbocycles. The monoisotopic (exact) mass is 574 g/mol. The molecule has 0 saturated heterocycles. The lowest BCUT2D eigenvalue weighted by Gasteiger charge is -2.34. The molecule has 0 saturated carbocycles. The Morgan fingerprint density at radius 2 is 1.68 bits per heavy atom. The maximum atomic E-state index is 13.8. The van der Waals surface area contributed by atoms with E-state index < -0.39 is 34.5 Å². The minimum absolute atomic E-state index is 0.0539. The van der Waals surface area contributed by atoms with Gasteiger partial charge in [-0.25, -0.2) is 8.70 Å². The first-order chi connectivity index (χ1) is 17.3. The Balaban J connectivity index is 2.51. The summed E-state index contributed by atoms with van der Waals surface area (Å²) in [7, 11) is -1.48. The zero-order valence-electron chi connectivity index (χ0n) is 21.5. The smallest absolute Gasteiger partial charge is 0.304 e. The number of amides is 2. The van der Waals surface area contributed by atoms with Gasteiger partial charge in [-0.1, -0.05) is 50.0 Å². The van der Waals surface area contributed by atoms with E-state index in [1.54, 1.807) is 19.1 Å². The van der Waals surface area contributed by atoms with Crippen LogP contribution in [0.25, 0.3) is 0 Å². The van der Waals surface area contributed by atoms with Crippen molar-refractivity contribution in [1.29, 1.82) is 0 Å². The van der Waals surface area contributed by atoms with Gasteiger partial charge in [0.15, 0.2) is 0 Å². The Labute approximate surface area is 228 Å². The van der Waals surface area contributed by atoms with Crippen LogP contribution < -0.4 is 9.62 Å². The van der Waals surface area contributed by atoms with Crippen LogP contribution in [0.4, 0.5) is 10.1 Å². The second-order valence-electron chi connectivity index (χ2n) is 9.09. The van der Waals surface area contributed by atoms with Crippen molar-refractivity contribution >= 4 is 50.9 Å².